The summed E-state index contributed by atoms with van der Waals surface area (Å²) in [6, 6.07) is 15.6. The fourth-order valence-electron chi connectivity index (χ4n) is 3.64. The molecule has 4 rings (SSSR count). The van der Waals surface area contributed by atoms with E-state index in [1.165, 1.54) is 4.88 Å². The second kappa shape index (κ2) is 8.71. The Labute approximate surface area is 181 Å². The van der Waals surface area contributed by atoms with Gasteiger partial charge in [0.05, 0.1) is 18.4 Å². The number of nitrogens with one attached hydrogen (secondary N) is 1. The molecule has 30 heavy (non-hydrogen) atoms. The number of aliphatic imine (C=N–C) groups is 1. The van der Waals surface area contributed by atoms with Gasteiger partial charge in [-0.2, -0.15) is 0 Å². The SMILES string of the molecule is COc1ccccc1NC(=O)c1c(/N=C/c2ccc(N(C)C)cc2)sc2c1CCC2. The van der Waals surface area contributed by atoms with Crippen LogP contribution in [0.3, 0.4) is 0 Å². The summed E-state index contributed by atoms with van der Waals surface area (Å²) in [5.74, 6) is 0.512. The van der Waals surface area contributed by atoms with Crippen LogP contribution in [0.1, 0.15) is 32.8 Å². The fourth-order valence-corrected chi connectivity index (χ4v) is 4.87. The molecule has 5 nitrogen and oxygen atoms in total. The predicted octanol–water partition coefficient (Wildman–Crippen LogP) is 5.31. The zero-order valence-corrected chi connectivity index (χ0v) is 18.3. The molecule has 1 aliphatic carbocycles. The number of methoxy groups -OCH3 is 1. The zero-order chi connectivity index (χ0) is 21.1. The summed E-state index contributed by atoms with van der Waals surface area (Å²) in [4.78, 5) is 21.3. The van der Waals surface area contributed by atoms with Gasteiger partial charge in [0.1, 0.15) is 10.8 Å². The van der Waals surface area contributed by atoms with Crippen molar-refractivity contribution in [2.45, 2.75) is 19.3 Å². The molecule has 1 aromatic heterocycles. The minimum atomic E-state index is -0.131. The van der Waals surface area contributed by atoms with E-state index < -0.39 is 0 Å². The van der Waals surface area contributed by atoms with E-state index in [1.54, 1.807) is 18.4 Å². The van der Waals surface area contributed by atoms with Crippen LogP contribution in [0.15, 0.2) is 53.5 Å². The quantitative estimate of drug-likeness (QED) is 0.551. The van der Waals surface area contributed by atoms with Crippen LogP contribution in [0.2, 0.25) is 0 Å². The highest BCUT2D eigenvalue weighted by Gasteiger charge is 2.26. The fraction of sp³-hybridized carbons (Fsp3) is 0.250. The molecule has 1 aliphatic rings. The Morgan fingerprint density at radius 2 is 1.90 bits per heavy atom. The van der Waals surface area contributed by atoms with Crippen LogP contribution in [-0.2, 0) is 12.8 Å². The second-order valence-electron chi connectivity index (χ2n) is 7.44. The maximum absolute atomic E-state index is 13.2. The van der Waals surface area contributed by atoms with E-state index in [4.69, 9.17) is 9.73 Å². The predicted molar refractivity (Wildman–Crippen MR) is 125 cm³/mol. The Morgan fingerprint density at radius 3 is 2.63 bits per heavy atom. The molecule has 0 saturated heterocycles. The largest absolute Gasteiger partial charge is 0.495 e. The van der Waals surface area contributed by atoms with Crippen molar-refractivity contribution < 1.29 is 9.53 Å². The van der Waals surface area contributed by atoms with Gasteiger partial charge in [0.15, 0.2) is 0 Å². The van der Waals surface area contributed by atoms with Crippen LogP contribution in [0, 0.1) is 0 Å². The summed E-state index contributed by atoms with van der Waals surface area (Å²) in [6.07, 6.45) is 4.86. The molecule has 0 atom stereocenters. The highest BCUT2D eigenvalue weighted by Crippen LogP contribution is 2.41. The molecule has 0 aliphatic heterocycles. The van der Waals surface area contributed by atoms with Gasteiger partial charge in [-0.3, -0.25) is 4.79 Å². The van der Waals surface area contributed by atoms with Crippen LogP contribution in [0.25, 0.3) is 0 Å². The van der Waals surface area contributed by atoms with E-state index in [-0.39, 0.29) is 5.91 Å². The van der Waals surface area contributed by atoms with E-state index in [0.29, 0.717) is 17.0 Å². The topological polar surface area (TPSA) is 53.9 Å². The monoisotopic (exact) mass is 419 g/mol. The molecule has 2 aromatic carbocycles. The summed E-state index contributed by atoms with van der Waals surface area (Å²) in [7, 11) is 5.64. The Balaban J connectivity index is 1.63. The normalized spacial score (nSPS) is 12.8. The summed E-state index contributed by atoms with van der Waals surface area (Å²) in [6.45, 7) is 0. The molecule has 0 unspecified atom stereocenters. The number of carbonyl (C=O) groups excluding carboxylic acids is 1. The molecule has 0 fully saturated rings. The van der Waals surface area contributed by atoms with E-state index in [2.05, 4.69) is 22.3 Å². The third-order valence-electron chi connectivity index (χ3n) is 5.23. The lowest BCUT2D eigenvalue weighted by Crippen LogP contribution is -2.13. The van der Waals surface area contributed by atoms with Gasteiger partial charge in [0.25, 0.3) is 5.91 Å². The molecular formula is C24H25N3O2S. The third kappa shape index (κ3) is 4.09. The van der Waals surface area contributed by atoms with Crippen molar-refractivity contribution in [3.63, 3.8) is 0 Å². The minimum absolute atomic E-state index is 0.131. The van der Waals surface area contributed by atoms with E-state index in [1.807, 2.05) is 56.7 Å². The van der Waals surface area contributed by atoms with Crippen molar-refractivity contribution in [1.29, 1.82) is 0 Å². The molecular weight excluding hydrogens is 394 g/mol. The number of amides is 1. The molecule has 1 heterocycles. The average molecular weight is 420 g/mol. The highest BCUT2D eigenvalue weighted by atomic mass is 32.1. The van der Waals surface area contributed by atoms with Gasteiger partial charge in [-0.25, -0.2) is 4.99 Å². The number of benzene rings is 2. The van der Waals surface area contributed by atoms with Gasteiger partial charge in [0.2, 0.25) is 0 Å². The summed E-state index contributed by atoms with van der Waals surface area (Å²) in [5.41, 5.74) is 4.64. The van der Waals surface area contributed by atoms with Crippen molar-refractivity contribution in [3.05, 3.63) is 70.1 Å². The standard InChI is InChI=1S/C24H25N3O2S/c1-27(2)17-13-11-16(12-14-17)15-25-24-22(18-7-6-10-21(18)30-24)23(28)26-19-8-4-5-9-20(19)29-3/h4-5,8-9,11-15H,6-7,10H2,1-3H3,(H,26,28)/b25-15+. The number of aryl methyl sites for hydroxylation is 1. The van der Waals surface area contributed by atoms with Gasteiger partial charge in [-0.1, -0.05) is 24.3 Å². The van der Waals surface area contributed by atoms with E-state index >= 15 is 0 Å². The van der Waals surface area contributed by atoms with Crippen molar-refractivity contribution in [1.82, 2.24) is 0 Å². The van der Waals surface area contributed by atoms with Crippen molar-refractivity contribution >= 4 is 39.8 Å². The van der Waals surface area contributed by atoms with Gasteiger partial charge < -0.3 is 15.0 Å². The number of carbonyl (C=O) groups is 1. The van der Waals surface area contributed by atoms with Crippen molar-refractivity contribution in [2.75, 3.05) is 31.4 Å². The lowest BCUT2D eigenvalue weighted by molar-refractivity contribution is 0.102. The van der Waals surface area contributed by atoms with Gasteiger partial charge >= 0.3 is 0 Å². The van der Waals surface area contributed by atoms with Gasteiger partial charge in [-0.15, -0.1) is 11.3 Å². The maximum Gasteiger partial charge on any atom is 0.259 e. The Hall–Kier alpha value is -3.12. The number of nitrogens with zero attached hydrogens (tertiary/aromatic N) is 2. The van der Waals surface area contributed by atoms with Crippen LogP contribution in [0.4, 0.5) is 16.4 Å². The number of fused-ring (bicyclic) bond motifs is 1. The lowest BCUT2D eigenvalue weighted by atomic mass is 10.1. The first kappa shape index (κ1) is 20.2. The van der Waals surface area contributed by atoms with Gasteiger partial charge in [0, 0.05) is 30.9 Å². The third-order valence-corrected chi connectivity index (χ3v) is 6.43. The van der Waals surface area contributed by atoms with Gasteiger partial charge in [-0.05, 0) is 54.7 Å². The number of hydrogen-bond donors (Lipinski definition) is 1. The first-order chi connectivity index (χ1) is 14.6. The molecule has 6 heteroatoms. The molecule has 0 radical (unpaired) electrons. The number of thiophene rings is 1. The van der Waals surface area contributed by atoms with Crippen LogP contribution >= 0.6 is 11.3 Å². The summed E-state index contributed by atoms with van der Waals surface area (Å²) in [5, 5.41) is 3.78. The van der Waals surface area contributed by atoms with E-state index in [9.17, 15) is 4.79 Å². The maximum atomic E-state index is 13.2. The molecule has 1 N–H and O–H groups in total. The zero-order valence-electron chi connectivity index (χ0n) is 17.4. The van der Waals surface area contributed by atoms with Crippen LogP contribution < -0.4 is 15.0 Å². The smallest absolute Gasteiger partial charge is 0.259 e. The lowest BCUT2D eigenvalue weighted by Gasteiger charge is -2.11. The molecule has 0 bridgehead atoms. The average Bonchev–Trinajstić information content (AvgIpc) is 3.33. The highest BCUT2D eigenvalue weighted by molar-refractivity contribution is 7.16. The number of rotatable bonds is 6. The Bertz CT molecular complexity index is 1080. The Morgan fingerprint density at radius 1 is 1.13 bits per heavy atom. The van der Waals surface area contributed by atoms with Crippen LogP contribution in [-0.4, -0.2) is 33.3 Å². The molecule has 0 spiro atoms. The van der Waals surface area contributed by atoms with E-state index in [0.717, 1.165) is 41.1 Å². The summed E-state index contributed by atoms with van der Waals surface area (Å²) >= 11 is 1.63. The number of para-hydroxylation sites is 2. The number of anilines is 2. The number of ether oxygens (including phenoxy) is 1. The summed E-state index contributed by atoms with van der Waals surface area (Å²) < 4.78 is 5.37. The van der Waals surface area contributed by atoms with Crippen molar-refractivity contribution in [2.24, 2.45) is 4.99 Å². The molecule has 1 amide bonds. The number of hydrogen-bond acceptors (Lipinski definition) is 5. The van der Waals surface area contributed by atoms with Crippen LogP contribution in [0.5, 0.6) is 5.75 Å². The van der Waals surface area contributed by atoms with Crippen molar-refractivity contribution in [3.8, 4) is 5.75 Å². The Kier molecular flexibility index (Phi) is 5.86. The first-order valence-electron chi connectivity index (χ1n) is 9.97. The minimum Gasteiger partial charge on any atom is -0.495 e. The molecule has 154 valence electrons. The second-order valence-corrected chi connectivity index (χ2v) is 8.52. The molecule has 3 aromatic rings. The first-order valence-corrected chi connectivity index (χ1v) is 10.8. The molecule has 0 saturated carbocycles.